The molecule has 0 radical (unpaired) electrons. The van der Waals surface area contributed by atoms with Gasteiger partial charge in [0.15, 0.2) is 6.04 Å². The molecule has 17 nitrogen and oxygen atoms in total. The monoisotopic (exact) mass is 616 g/mol. The van der Waals surface area contributed by atoms with Gasteiger partial charge in [-0.3, -0.25) is 28.8 Å². The molecule has 10 N–H and O–H groups in total. The first-order chi connectivity index (χ1) is 19.9. The maximum absolute atomic E-state index is 13.1. The summed E-state index contributed by atoms with van der Waals surface area (Å²) < 4.78 is 0. The number of hydrogen-bond acceptors (Lipinski definition) is 10. The van der Waals surface area contributed by atoms with Crippen molar-refractivity contribution in [2.75, 3.05) is 6.54 Å². The quantitative estimate of drug-likeness (QED) is 0.0764. The summed E-state index contributed by atoms with van der Waals surface area (Å²) in [6, 6.07) is -8.03. The molecule has 0 spiro atoms. The van der Waals surface area contributed by atoms with Crippen LogP contribution in [0.4, 0.5) is 0 Å². The Hall–Kier alpha value is -3.83. The van der Waals surface area contributed by atoms with Crippen LogP contribution in [-0.2, 0) is 33.6 Å². The SMILES string of the molecule is CC(C)C[C@H](NC(=O)[C@H](CC(=O)O)NC(=O)[C@@H](NC(=O)[C@@H]1CCCN1)[C@@H](C)O)C(=O)N[C@@H](C)C(=O)N[C@H](C(=O)O)[C@@H](C)O. The normalized spacial score (nSPS) is 19.5. The molecule has 1 aliphatic rings. The number of nitrogens with one attached hydrogen (secondary N) is 6. The first kappa shape index (κ1) is 37.2. The molecule has 0 aromatic heterocycles. The van der Waals surface area contributed by atoms with E-state index in [0.29, 0.717) is 13.0 Å². The van der Waals surface area contributed by atoms with Crippen molar-refractivity contribution in [2.45, 2.75) is 109 Å². The highest BCUT2D eigenvalue weighted by Crippen LogP contribution is 2.09. The second-order valence-electron chi connectivity index (χ2n) is 11.0. The lowest BCUT2D eigenvalue weighted by Gasteiger charge is -2.27. The average Bonchev–Trinajstić information content (AvgIpc) is 3.43. The van der Waals surface area contributed by atoms with E-state index in [1.807, 2.05) is 0 Å². The highest BCUT2D eigenvalue weighted by molar-refractivity contribution is 5.97. The Morgan fingerprint density at radius 1 is 0.721 bits per heavy atom. The number of aliphatic carboxylic acids is 2. The van der Waals surface area contributed by atoms with Crippen molar-refractivity contribution in [1.82, 2.24) is 31.9 Å². The number of carbonyl (C=O) groups excluding carboxylic acids is 5. The summed E-state index contributed by atoms with van der Waals surface area (Å²) >= 11 is 0. The smallest absolute Gasteiger partial charge is 0.328 e. The minimum atomic E-state index is -1.71. The van der Waals surface area contributed by atoms with Crippen LogP contribution >= 0.6 is 0 Å². The Labute approximate surface area is 248 Å². The molecule has 1 saturated heterocycles. The molecule has 0 bridgehead atoms. The van der Waals surface area contributed by atoms with Gasteiger partial charge in [-0.25, -0.2) is 4.79 Å². The Balaban J connectivity index is 3.03. The van der Waals surface area contributed by atoms with Crippen molar-refractivity contribution in [3.63, 3.8) is 0 Å². The van der Waals surface area contributed by atoms with Crippen LogP contribution in [0.1, 0.15) is 60.3 Å². The third-order valence-corrected chi connectivity index (χ3v) is 6.59. The van der Waals surface area contributed by atoms with Gasteiger partial charge in [-0.1, -0.05) is 13.8 Å². The number of rotatable bonds is 17. The average molecular weight is 617 g/mol. The Kier molecular flexibility index (Phi) is 15.0. The fourth-order valence-electron chi connectivity index (χ4n) is 4.23. The molecular weight excluding hydrogens is 572 g/mol. The molecule has 0 saturated carbocycles. The summed E-state index contributed by atoms with van der Waals surface area (Å²) in [5.74, 6) is -7.55. The van der Waals surface area contributed by atoms with Crippen LogP contribution in [0.25, 0.3) is 0 Å². The van der Waals surface area contributed by atoms with E-state index in [-0.39, 0.29) is 12.3 Å². The number of carboxylic acid groups (broad SMARTS) is 2. The third kappa shape index (κ3) is 12.5. The number of carboxylic acids is 2. The van der Waals surface area contributed by atoms with E-state index in [1.165, 1.54) is 13.8 Å². The van der Waals surface area contributed by atoms with Crippen LogP contribution < -0.4 is 31.9 Å². The van der Waals surface area contributed by atoms with E-state index < -0.39 is 96.4 Å². The van der Waals surface area contributed by atoms with Gasteiger partial charge < -0.3 is 52.3 Å². The van der Waals surface area contributed by atoms with Crippen molar-refractivity contribution in [3.05, 3.63) is 0 Å². The van der Waals surface area contributed by atoms with E-state index in [0.717, 1.165) is 13.3 Å². The zero-order valence-corrected chi connectivity index (χ0v) is 24.9. The van der Waals surface area contributed by atoms with Crippen molar-refractivity contribution in [1.29, 1.82) is 0 Å². The lowest BCUT2D eigenvalue weighted by Crippen LogP contribution is -2.61. The van der Waals surface area contributed by atoms with Gasteiger partial charge in [0.05, 0.1) is 24.7 Å². The van der Waals surface area contributed by atoms with Gasteiger partial charge in [0, 0.05) is 0 Å². The minimum absolute atomic E-state index is 0.0336. The number of hydrogen-bond donors (Lipinski definition) is 10. The van der Waals surface area contributed by atoms with Crippen LogP contribution in [-0.4, -0.2) is 117 Å². The summed E-state index contributed by atoms with van der Waals surface area (Å²) in [6.45, 7) is 7.71. The topological polar surface area (TPSA) is 273 Å². The minimum Gasteiger partial charge on any atom is -0.481 e. The molecular formula is C26H44N6O11. The summed E-state index contributed by atoms with van der Waals surface area (Å²) in [6.07, 6.45) is -2.44. The fraction of sp³-hybridized carbons (Fsp3) is 0.731. The molecule has 43 heavy (non-hydrogen) atoms. The lowest BCUT2D eigenvalue weighted by molar-refractivity contribution is -0.145. The predicted octanol–water partition coefficient (Wildman–Crippen LogP) is -3.45. The first-order valence-electron chi connectivity index (χ1n) is 14.0. The number of carbonyl (C=O) groups is 7. The molecule has 0 aliphatic carbocycles. The Morgan fingerprint density at radius 3 is 1.74 bits per heavy atom. The predicted molar refractivity (Wildman–Crippen MR) is 149 cm³/mol. The van der Waals surface area contributed by atoms with Crippen molar-refractivity contribution in [2.24, 2.45) is 5.92 Å². The van der Waals surface area contributed by atoms with Crippen LogP contribution in [0.3, 0.4) is 0 Å². The zero-order chi connectivity index (χ0) is 33.0. The summed E-state index contributed by atoms with van der Waals surface area (Å²) in [5.41, 5.74) is 0. The maximum Gasteiger partial charge on any atom is 0.328 e. The van der Waals surface area contributed by atoms with E-state index in [9.17, 15) is 48.9 Å². The van der Waals surface area contributed by atoms with Gasteiger partial charge >= 0.3 is 11.9 Å². The van der Waals surface area contributed by atoms with Crippen LogP contribution in [0, 0.1) is 5.92 Å². The maximum atomic E-state index is 13.1. The number of amides is 5. The molecule has 17 heteroatoms. The second-order valence-corrected chi connectivity index (χ2v) is 11.0. The first-order valence-corrected chi connectivity index (χ1v) is 14.0. The summed E-state index contributed by atoms with van der Waals surface area (Å²) in [4.78, 5) is 86.9. The molecule has 0 unspecified atom stereocenters. The second kappa shape index (κ2) is 17.3. The van der Waals surface area contributed by atoms with Crippen LogP contribution in [0.2, 0.25) is 0 Å². The van der Waals surface area contributed by atoms with Crippen molar-refractivity contribution < 1.29 is 54.0 Å². The molecule has 1 heterocycles. The molecule has 5 amide bonds. The number of aliphatic hydroxyl groups is 2. The summed E-state index contributed by atoms with van der Waals surface area (Å²) in [7, 11) is 0. The molecule has 0 aromatic carbocycles. The fourth-order valence-corrected chi connectivity index (χ4v) is 4.23. The van der Waals surface area contributed by atoms with Gasteiger partial charge in [0.25, 0.3) is 0 Å². The van der Waals surface area contributed by atoms with Gasteiger partial charge in [-0.2, -0.15) is 0 Å². The van der Waals surface area contributed by atoms with E-state index in [1.54, 1.807) is 13.8 Å². The van der Waals surface area contributed by atoms with E-state index in [2.05, 4.69) is 31.9 Å². The molecule has 244 valence electrons. The molecule has 8 atom stereocenters. The highest BCUT2D eigenvalue weighted by Gasteiger charge is 2.35. The van der Waals surface area contributed by atoms with Crippen LogP contribution in [0.5, 0.6) is 0 Å². The van der Waals surface area contributed by atoms with Crippen molar-refractivity contribution >= 4 is 41.5 Å². The third-order valence-electron chi connectivity index (χ3n) is 6.59. The summed E-state index contributed by atoms with van der Waals surface area (Å²) in [5, 5.41) is 52.6. The molecule has 0 aromatic rings. The Morgan fingerprint density at radius 2 is 1.28 bits per heavy atom. The van der Waals surface area contributed by atoms with E-state index in [4.69, 9.17) is 5.11 Å². The zero-order valence-electron chi connectivity index (χ0n) is 24.9. The van der Waals surface area contributed by atoms with Gasteiger partial charge in [0.1, 0.15) is 24.2 Å². The molecule has 1 aliphatic heterocycles. The van der Waals surface area contributed by atoms with Gasteiger partial charge in [-0.05, 0) is 52.5 Å². The Bertz CT molecular complexity index is 1030. The highest BCUT2D eigenvalue weighted by atomic mass is 16.4. The van der Waals surface area contributed by atoms with E-state index >= 15 is 0 Å². The van der Waals surface area contributed by atoms with Gasteiger partial charge in [-0.15, -0.1) is 0 Å². The van der Waals surface area contributed by atoms with Gasteiger partial charge in [0.2, 0.25) is 29.5 Å². The van der Waals surface area contributed by atoms with Crippen LogP contribution in [0.15, 0.2) is 0 Å². The largest absolute Gasteiger partial charge is 0.481 e. The molecule has 1 rings (SSSR count). The number of aliphatic hydroxyl groups excluding tert-OH is 2. The lowest BCUT2D eigenvalue weighted by atomic mass is 10.0. The standard InChI is InChI=1S/C26H44N6O11/c1-11(2)9-16(23(39)28-12(3)21(37)32-20(14(5)34)26(42)43)29-24(40)17(10-18(35)36)30-25(41)19(13(4)33)31-22(38)15-7-6-8-27-15/h11-17,19-20,27,33-34H,6-10H2,1-5H3,(H,28,39)(H,29,40)(H,30,41)(H,31,38)(H,32,37)(H,35,36)(H,42,43)/t12-,13+,14+,15-,16-,17-,19-,20-/m0/s1. The molecule has 1 fully saturated rings. The van der Waals surface area contributed by atoms with Crippen molar-refractivity contribution in [3.8, 4) is 0 Å².